The van der Waals surface area contributed by atoms with Gasteiger partial charge in [-0.2, -0.15) is 13.9 Å². The normalized spacial score (nSPS) is 10.2. The number of amides is 2. The van der Waals surface area contributed by atoms with Crippen molar-refractivity contribution in [2.75, 3.05) is 12.4 Å². The molecule has 0 radical (unpaired) electrons. The van der Waals surface area contributed by atoms with E-state index in [0.29, 0.717) is 4.68 Å². The van der Waals surface area contributed by atoms with E-state index < -0.39 is 12.6 Å². The third-order valence-electron chi connectivity index (χ3n) is 1.29. The van der Waals surface area contributed by atoms with Gasteiger partial charge in [-0.05, 0) is 0 Å². The lowest BCUT2D eigenvalue weighted by Gasteiger charge is -1.99. The van der Waals surface area contributed by atoms with E-state index in [4.69, 9.17) is 0 Å². The second-order valence-corrected chi connectivity index (χ2v) is 2.19. The van der Waals surface area contributed by atoms with Crippen molar-refractivity contribution < 1.29 is 13.6 Å². The molecule has 72 valence electrons. The molecule has 1 aromatic rings. The van der Waals surface area contributed by atoms with Gasteiger partial charge in [0.05, 0.1) is 18.1 Å². The van der Waals surface area contributed by atoms with Crippen LogP contribution in [-0.4, -0.2) is 22.9 Å². The number of aromatic nitrogens is 2. The van der Waals surface area contributed by atoms with Gasteiger partial charge in [0.15, 0.2) is 0 Å². The highest BCUT2D eigenvalue weighted by Crippen LogP contribution is 2.12. The Bertz CT molecular complexity index is 299. The van der Waals surface area contributed by atoms with Crippen molar-refractivity contribution in [2.24, 2.45) is 0 Å². The quantitative estimate of drug-likeness (QED) is 0.731. The molecule has 0 aliphatic heterocycles. The van der Waals surface area contributed by atoms with Crippen LogP contribution in [0.3, 0.4) is 0 Å². The lowest BCUT2D eigenvalue weighted by Crippen LogP contribution is -2.24. The third-order valence-corrected chi connectivity index (χ3v) is 1.29. The van der Waals surface area contributed by atoms with Crippen molar-refractivity contribution in [1.82, 2.24) is 15.1 Å². The van der Waals surface area contributed by atoms with Crippen LogP contribution in [0.1, 0.15) is 6.55 Å². The summed E-state index contributed by atoms with van der Waals surface area (Å²) >= 11 is 0. The predicted octanol–water partition coefficient (Wildman–Crippen LogP) is 1.03. The first kappa shape index (κ1) is 9.43. The number of alkyl halides is 2. The van der Waals surface area contributed by atoms with Crippen molar-refractivity contribution in [2.45, 2.75) is 6.55 Å². The zero-order valence-corrected chi connectivity index (χ0v) is 6.79. The van der Waals surface area contributed by atoms with E-state index in [2.05, 4.69) is 15.7 Å². The van der Waals surface area contributed by atoms with Crippen molar-refractivity contribution in [3.8, 4) is 0 Å². The Labute approximate surface area is 72.7 Å². The topological polar surface area (TPSA) is 59.0 Å². The molecule has 0 saturated heterocycles. The van der Waals surface area contributed by atoms with Gasteiger partial charge in [0.1, 0.15) is 0 Å². The molecular formula is C6H8F2N4O. The van der Waals surface area contributed by atoms with E-state index in [1.54, 1.807) is 0 Å². The summed E-state index contributed by atoms with van der Waals surface area (Å²) in [7, 11) is 1.42. The summed E-state index contributed by atoms with van der Waals surface area (Å²) in [6.07, 6.45) is 2.18. The average Bonchev–Trinajstić information content (AvgIpc) is 2.52. The predicted molar refractivity (Wildman–Crippen MR) is 41.6 cm³/mol. The summed E-state index contributed by atoms with van der Waals surface area (Å²) in [5.41, 5.74) is 0.222. The van der Waals surface area contributed by atoms with Gasteiger partial charge >= 0.3 is 12.6 Å². The Morgan fingerprint density at radius 3 is 2.85 bits per heavy atom. The third kappa shape index (κ3) is 2.39. The minimum atomic E-state index is -2.69. The SMILES string of the molecule is CNC(=O)Nc1cnn(C(F)F)c1. The molecule has 5 nitrogen and oxygen atoms in total. The van der Waals surface area contributed by atoms with Crippen LogP contribution in [0.4, 0.5) is 19.3 Å². The highest BCUT2D eigenvalue weighted by atomic mass is 19.3. The van der Waals surface area contributed by atoms with Crippen LogP contribution in [0.5, 0.6) is 0 Å². The van der Waals surface area contributed by atoms with Gasteiger partial charge in [-0.15, -0.1) is 0 Å². The summed E-state index contributed by atoms with van der Waals surface area (Å²) in [4.78, 5) is 10.7. The van der Waals surface area contributed by atoms with Crippen molar-refractivity contribution in [3.63, 3.8) is 0 Å². The number of hydrogen-bond donors (Lipinski definition) is 2. The lowest BCUT2D eigenvalue weighted by atomic mass is 10.6. The molecule has 1 rings (SSSR count). The van der Waals surface area contributed by atoms with Crippen LogP contribution in [0.15, 0.2) is 12.4 Å². The molecule has 0 bridgehead atoms. The molecule has 0 aliphatic carbocycles. The molecule has 0 spiro atoms. The summed E-state index contributed by atoms with van der Waals surface area (Å²) in [6.45, 7) is -2.69. The molecule has 13 heavy (non-hydrogen) atoms. The van der Waals surface area contributed by atoms with E-state index in [1.165, 1.54) is 7.05 Å². The molecule has 0 unspecified atom stereocenters. The molecule has 2 amide bonds. The monoisotopic (exact) mass is 190 g/mol. The fourth-order valence-electron chi connectivity index (χ4n) is 0.703. The first-order valence-corrected chi connectivity index (χ1v) is 3.44. The molecule has 7 heteroatoms. The molecule has 1 aromatic heterocycles. The van der Waals surface area contributed by atoms with Gasteiger partial charge in [0, 0.05) is 7.05 Å². The number of carbonyl (C=O) groups excluding carboxylic acids is 1. The molecule has 2 N–H and O–H groups in total. The zero-order chi connectivity index (χ0) is 9.84. The van der Waals surface area contributed by atoms with Gasteiger partial charge in [-0.25, -0.2) is 9.48 Å². The fourth-order valence-corrected chi connectivity index (χ4v) is 0.703. The standard InChI is InChI=1S/C6H8F2N4O/c1-9-6(13)11-4-2-10-12(3-4)5(7)8/h2-3,5H,1H3,(H2,9,11,13). The number of hydrogen-bond acceptors (Lipinski definition) is 2. The smallest absolute Gasteiger partial charge is 0.333 e. The molecule has 0 saturated carbocycles. The highest BCUT2D eigenvalue weighted by Gasteiger charge is 2.08. The van der Waals surface area contributed by atoms with Crippen molar-refractivity contribution >= 4 is 11.7 Å². The number of nitrogens with one attached hydrogen (secondary N) is 2. The molecule has 0 aromatic carbocycles. The fraction of sp³-hybridized carbons (Fsp3) is 0.333. The zero-order valence-electron chi connectivity index (χ0n) is 6.79. The maximum atomic E-state index is 12.0. The number of urea groups is 1. The van der Waals surface area contributed by atoms with E-state index in [0.717, 1.165) is 12.4 Å². The second kappa shape index (κ2) is 3.83. The van der Waals surface area contributed by atoms with Crippen molar-refractivity contribution in [3.05, 3.63) is 12.4 Å². The Morgan fingerprint density at radius 1 is 1.69 bits per heavy atom. The van der Waals surface area contributed by atoms with Crippen LogP contribution in [0.25, 0.3) is 0 Å². The molecule has 0 fully saturated rings. The van der Waals surface area contributed by atoms with Crippen LogP contribution in [0.2, 0.25) is 0 Å². The lowest BCUT2D eigenvalue weighted by molar-refractivity contribution is 0.0566. The van der Waals surface area contributed by atoms with E-state index in [1.807, 2.05) is 0 Å². The minimum absolute atomic E-state index is 0.222. The van der Waals surface area contributed by atoms with Gasteiger partial charge in [0.25, 0.3) is 0 Å². The number of nitrogens with zero attached hydrogens (tertiary/aromatic N) is 2. The Hall–Kier alpha value is -1.66. The van der Waals surface area contributed by atoms with Crippen LogP contribution in [-0.2, 0) is 0 Å². The minimum Gasteiger partial charge on any atom is -0.341 e. The highest BCUT2D eigenvalue weighted by molar-refractivity contribution is 5.88. The Balaban J connectivity index is 2.64. The summed E-state index contributed by atoms with van der Waals surface area (Å²) in [6, 6.07) is -0.478. The van der Waals surface area contributed by atoms with E-state index in [9.17, 15) is 13.6 Å². The van der Waals surface area contributed by atoms with Crippen LogP contribution in [0, 0.1) is 0 Å². The number of halogens is 2. The van der Waals surface area contributed by atoms with Crippen LogP contribution < -0.4 is 10.6 Å². The Kier molecular flexibility index (Phi) is 2.78. The van der Waals surface area contributed by atoms with Gasteiger partial charge in [-0.1, -0.05) is 0 Å². The molecular weight excluding hydrogens is 182 g/mol. The van der Waals surface area contributed by atoms with Gasteiger partial charge in [-0.3, -0.25) is 0 Å². The number of carbonyl (C=O) groups is 1. The molecule has 0 aliphatic rings. The maximum absolute atomic E-state index is 12.0. The number of rotatable bonds is 2. The maximum Gasteiger partial charge on any atom is 0.333 e. The van der Waals surface area contributed by atoms with Gasteiger partial charge < -0.3 is 10.6 Å². The molecule has 0 atom stereocenters. The Morgan fingerprint density at radius 2 is 2.38 bits per heavy atom. The summed E-state index contributed by atoms with van der Waals surface area (Å²) in [5, 5.41) is 7.90. The summed E-state index contributed by atoms with van der Waals surface area (Å²) in [5.74, 6) is 0. The second-order valence-electron chi connectivity index (χ2n) is 2.19. The number of anilines is 1. The summed E-state index contributed by atoms with van der Waals surface area (Å²) < 4.78 is 24.4. The van der Waals surface area contributed by atoms with Crippen molar-refractivity contribution in [1.29, 1.82) is 0 Å². The average molecular weight is 190 g/mol. The first-order valence-electron chi connectivity index (χ1n) is 3.44. The van der Waals surface area contributed by atoms with E-state index >= 15 is 0 Å². The van der Waals surface area contributed by atoms with E-state index in [-0.39, 0.29) is 5.69 Å². The first-order chi connectivity index (χ1) is 6.13. The largest absolute Gasteiger partial charge is 0.341 e. The van der Waals surface area contributed by atoms with Crippen LogP contribution >= 0.6 is 0 Å². The van der Waals surface area contributed by atoms with Gasteiger partial charge in [0.2, 0.25) is 0 Å². The molecule has 1 heterocycles.